The molecule has 3 aromatic rings. The first-order valence-electron chi connectivity index (χ1n) is 10.4. The molecular formula is C22H24ClN3O4S2. The maximum atomic E-state index is 13.5. The van der Waals surface area contributed by atoms with Gasteiger partial charge in [0.05, 0.1) is 33.6 Å². The molecule has 0 N–H and O–H groups in total. The largest absolute Gasteiger partial charge is 0.379 e. The van der Waals surface area contributed by atoms with Crippen molar-refractivity contribution in [1.29, 1.82) is 0 Å². The Labute approximate surface area is 196 Å². The lowest BCUT2D eigenvalue weighted by atomic mass is 10.2. The molecule has 0 saturated carbocycles. The summed E-state index contributed by atoms with van der Waals surface area (Å²) in [5, 5.41) is 1.11. The van der Waals surface area contributed by atoms with E-state index in [-0.39, 0.29) is 16.6 Å². The SMILES string of the molecule is CCS(=O)(=O)c1ccc(C(=O)N(CCN2CCOCC2)c2nc3c(Cl)cccc3s2)cc1. The van der Waals surface area contributed by atoms with Gasteiger partial charge in [0.15, 0.2) is 15.0 Å². The lowest BCUT2D eigenvalue weighted by molar-refractivity contribution is 0.0391. The molecule has 2 heterocycles. The fourth-order valence-electron chi connectivity index (χ4n) is 3.50. The molecule has 2 aromatic carbocycles. The Morgan fingerprint density at radius 3 is 2.56 bits per heavy atom. The van der Waals surface area contributed by atoms with Crippen LogP contribution >= 0.6 is 22.9 Å². The Balaban J connectivity index is 1.64. The number of amides is 1. The van der Waals surface area contributed by atoms with E-state index in [0.29, 0.717) is 47.5 Å². The zero-order chi connectivity index (χ0) is 22.7. The zero-order valence-corrected chi connectivity index (χ0v) is 20.0. The highest BCUT2D eigenvalue weighted by atomic mass is 35.5. The van der Waals surface area contributed by atoms with Crippen LogP contribution in [0.25, 0.3) is 10.2 Å². The van der Waals surface area contributed by atoms with E-state index in [1.54, 1.807) is 30.0 Å². The molecule has 170 valence electrons. The van der Waals surface area contributed by atoms with Gasteiger partial charge in [0, 0.05) is 31.7 Å². The third kappa shape index (κ3) is 4.97. The molecular weight excluding hydrogens is 470 g/mol. The van der Waals surface area contributed by atoms with Crippen LogP contribution in [0.5, 0.6) is 0 Å². The number of morpholine rings is 1. The normalized spacial score (nSPS) is 15.2. The van der Waals surface area contributed by atoms with Crippen LogP contribution in [0.2, 0.25) is 5.02 Å². The number of carbonyl (C=O) groups is 1. The number of para-hydroxylation sites is 1. The van der Waals surface area contributed by atoms with Crippen LogP contribution in [0.4, 0.5) is 5.13 Å². The number of benzene rings is 2. The van der Waals surface area contributed by atoms with E-state index in [0.717, 1.165) is 17.8 Å². The van der Waals surface area contributed by atoms with Gasteiger partial charge in [-0.2, -0.15) is 0 Å². The predicted octanol–water partition coefficient (Wildman–Crippen LogP) is 3.72. The number of nitrogens with zero attached hydrogens (tertiary/aromatic N) is 3. The third-order valence-electron chi connectivity index (χ3n) is 5.42. The van der Waals surface area contributed by atoms with Gasteiger partial charge in [0.1, 0.15) is 5.52 Å². The van der Waals surface area contributed by atoms with E-state index < -0.39 is 9.84 Å². The van der Waals surface area contributed by atoms with Crippen molar-refractivity contribution < 1.29 is 17.9 Å². The van der Waals surface area contributed by atoms with Crippen molar-refractivity contribution in [3.63, 3.8) is 0 Å². The van der Waals surface area contributed by atoms with E-state index >= 15 is 0 Å². The summed E-state index contributed by atoms with van der Waals surface area (Å²) in [6.45, 7) is 5.72. The molecule has 0 aliphatic carbocycles. The third-order valence-corrected chi connectivity index (χ3v) is 8.52. The number of sulfone groups is 1. The predicted molar refractivity (Wildman–Crippen MR) is 128 cm³/mol. The zero-order valence-electron chi connectivity index (χ0n) is 17.7. The fourth-order valence-corrected chi connectivity index (χ4v) is 5.67. The van der Waals surface area contributed by atoms with Gasteiger partial charge < -0.3 is 4.74 Å². The molecule has 1 amide bonds. The molecule has 1 aromatic heterocycles. The molecule has 10 heteroatoms. The molecule has 1 fully saturated rings. The average molecular weight is 494 g/mol. The second kappa shape index (κ2) is 9.84. The van der Waals surface area contributed by atoms with Gasteiger partial charge >= 0.3 is 0 Å². The minimum absolute atomic E-state index is 0.0123. The lowest BCUT2D eigenvalue weighted by Gasteiger charge is -2.29. The molecule has 1 aliphatic rings. The smallest absolute Gasteiger partial charge is 0.260 e. The minimum atomic E-state index is -3.33. The van der Waals surface area contributed by atoms with Crippen LogP contribution in [0, 0.1) is 0 Å². The highest BCUT2D eigenvalue weighted by Crippen LogP contribution is 2.33. The monoisotopic (exact) mass is 493 g/mol. The van der Waals surface area contributed by atoms with Crippen molar-refractivity contribution in [3.8, 4) is 0 Å². The molecule has 7 nitrogen and oxygen atoms in total. The Morgan fingerprint density at radius 1 is 1.19 bits per heavy atom. The number of hydrogen-bond acceptors (Lipinski definition) is 7. The molecule has 0 bridgehead atoms. The van der Waals surface area contributed by atoms with Crippen LogP contribution in [0.1, 0.15) is 17.3 Å². The summed E-state index contributed by atoms with van der Waals surface area (Å²) in [4.78, 5) is 22.2. The summed E-state index contributed by atoms with van der Waals surface area (Å²) in [6, 6.07) is 11.7. The van der Waals surface area contributed by atoms with Crippen molar-refractivity contribution in [3.05, 3.63) is 53.1 Å². The van der Waals surface area contributed by atoms with E-state index in [9.17, 15) is 13.2 Å². The van der Waals surface area contributed by atoms with Crippen LogP contribution in [-0.4, -0.2) is 69.4 Å². The second-order valence-corrected chi connectivity index (χ2v) is 11.1. The number of halogens is 1. The van der Waals surface area contributed by atoms with Gasteiger partial charge in [-0.3, -0.25) is 14.6 Å². The van der Waals surface area contributed by atoms with Gasteiger partial charge in [0.2, 0.25) is 0 Å². The van der Waals surface area contributed by atoms with E-state index in [4.69, 9.17) is 16.3 Å². The molecule has 4 rings (SSSR count). The van der Waals surface area contributed by atoms with Crippen molar-refractivity contribution >= 4 is 54.0 Å². The number of rotatable bonds is 7. The number of hydrogen-bond donors (Lipinski definition) is 0. The van der Waals surface area contributed by atoms with Crippen LogP contribution in [-0.2, 0) is 14.6 Å². The number of thiazole rings is 1. The number of aromatic nitrogens is 1. The van der Waals surface area contributed by atoms with Crippen LogP contribution in [0.15, 0.2) is 47.4 Å². The maximum absolute atomic E-state index is 13.5. The Bertz CT molecular complexity index is 1210. The average Bonchev–Trinajstić information content (AvgIpc) is 3.25. The lowest BCUT2D eigenvalue weighted by Crippen LogP contribution is -2.43. The van der Waals surface area contributed by atoms with Gasteiger partial charge in [-0.25, -0.2) is 13.4 Å². The number of anilines is 1. The van der Waals surface area contributed by atoms with Crippen molar-refractivity contribution in [2.24, 2.45) is 0 Å². The van der Waals surface area contributed by atoms with Gasteiger partial charge in [0.25, 0.3) is 5.91 Å². The van der Waals surface area contributed by atoms with Crippen LogP contribution < -0.4 is 4.90 Å². The Kier molecular flexibility index (Phi) is 7.11. The number of ether oxygens (including phenoxy) is 1. The molecule has 32 heavy (non-hydrogen) atoms. The van der Waals surface area contributed by atoms with Gasteiger partial charge in [-0.05, 0) is 36.4 Å². The number of fused-ring (bicyclic) bond motifs is 1. The summed E-state index contributed by atoms with van der Waals surface area (Å²) < 4.78 is 30.5. The Morgan fingerprint density at radius 2 is 1.91 bits per heavy atom. The Hall–Kier alpha value is -2.04. The summed E-state index contributed by atoms with van der Waals surface area (Å²) in [7, 11) is -3.33. The van der Waals surface area contributed by atoms with Crippen molar-refractivity contribution in [1.82, 2.24) is 9.88 Å². The second-order valence-electron chi connectivity index (χ2n) is 7.42. The van der Waals surface area contributed by atoms with Gasteiger partial charge in [-0.1, -0.05) is 35.9 Å². The summed E-state index contributed by atoms with van der Waals surface area (Å²) in [6.07, 6.45) is 0. The van der Waals surface area contributed by atoms with E-state index in [2.05, 4.69) is 9.88 Å². The van der Waals surface area contributed by atoms with Crippen molar-refractivity contribution in [2.45, 2.75) is 11.8 Å². The molecule has 0 unspecified atom stereocenters. The van der Waals surface area contributed by atoms with Crippen LogP contribution in [0.3, 0.4) is 0 Å². The minimum Gasteiger partial charge on any atom is -0.379 e. The van der Waals surface area contributed by atoms with Crippen molar-refractivity contribution in [2.75, 3.05) is 50.0 Å². The van der Waals surface area contributed by atoms with E-state index in [1.807, 2.05) is 12.1 Å². The summed E-state index contributed by atoms with van der Waals surface area (Å²) >= 11 is 7.72. The summed E-state index contributed by atoms with van der Waals surface area (Å²) in [5.41, 5.74) is 1.08. The molecule has 0 spiro atoms. The number of carbonyl (C=O) groups excluding carboxylic acids is 1. The topological polar surface area (TPSA) is 79.8 Å². The maximum Gasteiger partial charge on any atom is 0.260 e. The highest BCUT2D eigenvalue weighted by molar-refractivity contribution is 7.91. The highest BCUT2D eigenvalue weighted by Gasteiger charge is 2.24. The first-order chi connectivity index (χ1) is 15.4. The molecule has 0 atom stereocenters. The van der Waals surface area contributed by atoms with E-state index in [1.165, 1.54) is 23.5 Å². The molecule has 1 aliphatic heterocycles. The molecule has 0 radical (unpaired) electrons. The first kappa shape index (κ1) is 23.1. The quantitative estimate of drug-likeness (QED) is 0.499. The van der Waals surface area contributed by atoms with Gasteiger partial charge in [-0.15, -0.1) is 0 Å². The standard InChI is InChI=1S/C22H24ClN3O4S2/c1-2-32(28,29)17-8-6-16(7-9-17)21(27)26(11-10-25-12-14-30-15-13-25)22-24-20-18(23)4-3-5-19(20)31-22/h3-9H,2,10-15H2,1H3. The first-order valence-corrected chi connectivity index (χ1v) is 13.2. The fraction of sp³-hybridized carbons (Fsp3) is 0.364. The molecule has 1 saturated heterocycles. The summed E-state index contributed by atoms with van der Waals surface area (Å²) in [5.74, 6) is -0.216.